The van der Waals surface area contributed by atoms with Crippen molar-refractivity contribution in [2.45, 2.75) is 44.5 Å². The van der Waals surface area contributed by atoms with Gasteiger partial charge in [0, 0.05) is 32.4 Å². The Labute approximate surface area is 103 Å². The number of nitrogens with one attached hydrogen (secondary N) is 1. The summed E-state index contributed by atoms with van der Waals surface area (Å²) in [7, 11) is 1.80. The number of pyridine rings is 1. The minimum Gasteiger partial charge on any atom is -0.380 e. The van der Waals surface area contributed by atoms with Crippen LogP contribution in [0.1, 0.15) is 30.5 Å². The highest BCUT2D eigenvalue weighted by atomic mass is 16.5. The van der Waals surface area contributed by atoms with Crippen molar-refractivity contribution >= 4 is 0 Å². The standard InChI is InChI=1S/C13H21N3O/c1-17-13-4-2-3-12(13)16-9-10-5-6-15-11(7-10)8-14/h5-7,12-13,16H,2-4,8-9,14H2,1H3. The Balaban J connectivity index is 1.88. The Morgan fingerprint density at radius 3 is 3.18 bits per heavy atom. The number of hydrogen-bond acceptors (Lipinski definition) is 4. The molecule has 0 saturated heterocycles. The van der Waals surface area contributed by atoms with Crippen LogP contribution in [-0.4, -0.2) is 24.2 Å². The number of rotatable bonds is 5. The summed E-state index contributed by atoms with van der Waals surface area (Å²) in [5.41, 5.74) is 7.76. The first-order valence-electron chi connectivity index (χ1n) is 6.23. The highest BCUT2D eigenvalue weighted by Gasteiger charge is 2.26. The lowest BCUT2D eigenvalue weighted by molar-refractivity contribution is 0.0847. The van der Waals surface area contributed by atoms with Crippen LogP contribution in [0.3, 0.4) is 0 Å². The van der Waals surface area contributed by atoms with Gasteiger partial charge in [0.2, 0.25) is 0 Å². The Bertz CT molecular complexity index is 356. The molecule has 17 heavy (non-hydrogen) atoms. The molecule has 0 spiro atoms. The third kappa shape index (κ3) is 3.25. The van der Waals surface area contributed by atoms with Gasteiger partial charge in [-0.15, -0.1) is 0 Å². The van der Waals surface area contributed by atoms with E-state index < -0.39 is 0 Å². The second-order valence-corrected chi connectivity index (χ2v) is 4.55. The van der Waals surface area contributed by atoms with E-state index in [1.54, 1.807) is 7.11 Å². The Morgan fingerprint density at radius 2 is 2.41 bits per heavy atom. The number of ether oxygens (including phenoxy) is 1. The van der Waals surface area contributed by atoms with Crippen molar-refractivity contribution in [3.8, 4) is 0 Å². The zero-order valence-corrected chi connectivity index (χ0v) is 10.4. The molecule has 0 aromatic carbocycles. The van der Waals surface area contributed by atoms with Gasteiger partial charge in [-0.25, -0.2) is 0 Å². The van der Waals surface area contributed by atoms with Crippen LogP contribution in [0, 0.1) is 0 Å². The lowest BCUT2D eigenvalue weighted by Crippen LogP contribution is -2.36. The first-order valence-corrected chi connectivity index (χ1v) is 6.23. The maximum absolute atomic E-state index is 5.58. The van der Waals surface area contributed by atoms with Gasteiger partial charge in [0.1, 0.15) is 0 Å². The molecule has 0 bridgehead atoms. The molecule has 2 rings (SSSR count). The summed E-state index contributed by atoms with van der Waals surface area (Å²) in [5, 5.41) is 3.56. The van der Waals surface area contributed by atoms with Gasteiger partial charge >= 0.3 is 0 Å². The maximum Gasteiger partial charge on any atom is 0.0724 e. The highest BCUT2D eigenvalue weighted by molar-refractivity contribution is 5.16. The van der Waals surface area contributed by atoms with Gasteiger partial charge in [-0.2, -0.15) is 0 Å². The molecule has 3 N–H and O–H groups in total. The van der Waals surface area contributed by atoms with Crippen LogP contribution < -0.4 is 11.1 Å². The molecular formula is C13H21N3O. The summed E-state index contributed by atoms with van der Waals surface area (Å²) in [6, 6.07) is 4.57. The molecule has 4 heteroatoms. The first-order chi connectivity index (χ1) is 8.33. The fourth-order valence-corrected chi connectivity index (χ4v) is 2.44. The number of nitrogens with two attached hydrogens (primary N) is 1. The Morgan fingerprint density at radius 1 is 1.53 bits per heavy atom. The molecular weight excluding hydrogens is 214 g/mol. The van der Waals surface area contributed by atoms with Crippen molar-refractivity contribution in [2.24, 2.45) is 5.73 Å². The van der Waals surface area contributed by atoms with Crippen LogP contribution in [-0.2, 0) is 17.8 Å². The van der Waals surface area contributed by atoms with Crippen LogP contribution in [0.25, 0.3) is 0 Å². The fourth-order valence-electron chi connectivity index (χ4n) is 2.44. The zero-order chi connectivity index (χ0) is 12.1. The molecule has 1 aromatic rings. The van der Waals surface area contributed by atoms with E-state index in [4.69, 9.17) is 10.5 Å². The van der Waals surface area contributed by atoms with E-state index in [0.29, 0.717) is 18.7 Å². The second kappa shape index (κ2) is 6.10. The van der Waals surface area contributed by atoms with Crippen molar-refractivity contribution in [1.82, 2.24) is 10.3 Å². The molecule has 1 aromatic heterocycles. The van der Waals surface area contributed by atoms with E-state index >= 15 is 0 Å². The van der Waals surface area contributed by atoms with Gasteiger partial charge in [0.15, 0.2) is 0 Å². The van der Waals surface area contributed by atoms with Crippen molar-refractivity contribution in [3.05, 3.63) is 29.6 Å². The van der Waals surface area contributed by atoms with Gasteiger partial charge in [0.05, 0.1) is 11.8 Å². The highest BCUT2D eigenvalue weighted by Crippen LogP contribution is 2.21. The third-order valence-corrected chi connectivity index (χ3v) is 3.41. The van der Waals surface area contributed by atoms with Crippen molar-refractivity contribution < 1.29 is 4.74 Å². The van der Waals surface area contributed by atoms with Crippen LogP contribution in [0.4, 0.5) is 0 Å². The minimum atomic E-state index is 0.366. The molecule has 1 fully saturated rings. The van der Waals surface area contributed by atoms with Gasteiger partial charge in [-0.1, -0.05) is 0 Å². The van der Waals surface area contributed by atoms with Gasteiger partial charge in [0.25, 0.3) is 0 Å². The summed E-state index contributed by atoms with van der Waals surface area (Å²) in [4.78, 5) is 4.19. The van der Waals surface area contributed by atoms with Gasteiger partial charge in [-0.05, 0) is 37.0 Å². The average Bonchev–Trinajstić information content (AvgIpc) is 2.84. The normalized spacial score (nSPS) is 24.1. The zero-order valence-electron chi connectivity index (χ0n) is 10.4. The molecule has 1 aliphatic carbocycles. The molecule has 0 radical (unpaired) electrons. The van der Waals surface area contributed by atoms with E-state index in [-0.39, 0.29) is 0 Å². The summed E-state index contributed by atoms with van der Waals surface area (Å²) >= 11 is 0. The van der Waals surface area contributed by atoms with E-state index in [0.717, 1.165) is 12.2 Å². The van der Waals surface area contributed by atoms with Crippen molar-refractivity contribution in [2.75, 3.05) is 7.11 Å². The average molecular weight is 235 g/mol. The molecule has 94 valence electrons. The molecule has 0 amide bonds. The minimum absolute atomic E-state index is 0.366. The smallest absolute Gasteiger partial charge is 0.0724 e. The molecule has 1 aliphatic rings. The quantitative estimate of drug-likeness (QED) is 0.805. The molecule has 2 atom stereocenters. The summed E-state index contributed by atoms with van der Waals surface area (Å²) in [5.74, 6) is 0. The number of aromatic nitrogens is 1. The van der Waals surface area contributed by atoms with Crippen LogP contribution in [0.2, 0.25) is 0 Å². The molecule has 1 saturated carbocycles. The number of methoxy groups -OCH3 is 1. The van der Waals surface area contributed by atoms with E-state index in [1.807, 2.05) is 12.3 Å². The monoisotopic (exact) mass is 235 g/mol. The predicted octanol–water partition coefficient (Wildman–Crippen LogP) is 1.20. The molecule has 2 unspecified atom stereocenters. The summed E-state index contributed by atoms with van der Waals surface area (Å²) in [6.45, 7) is 1.36. The Hall–Kier alpha value is -0.970. The molecule has 4 nitrogen and oxygen atoms in total. The number of hydrogen-bond donors (Lipinski definition) is 2. The lowest BCUT2D eigenvalue weighted by Gasteiger charge is -2.19. The first kappa shape index (κ1) is 12.5. The summed E-state index contributed by atoms with van der Waals surface area (Å²) < 4.78 is 5.46. The number of nitrogens with zero attached hydrogens (tertiary/aromatic N) is 1. The van der Waals surface area contributed by atoms with E-state index in [1.165, 1.54) is 24.8 Å². The SMILES string of the molecule is COC1CCCC1NCc1ccnc(CN)c1. The van der Waals surface area contributed by atoms with Gasteiger partial charge in [-0.3, -0.25) is 4.98 Å². The van der Waals surface area contributed by atoms with Crippen LogP contribution >= 0.6 is 0 Å². The molecule has 0 aliphatic heterocycles. The third-order valence-electron chi connectivity index (χ3n) is 3.41. The van der Waals surface area contributed by atoms with Gasteiger partial charge < -0.3 is 15.8 Å². The van der Waals surface area contributed by atoms with E-state index in [2.05, 4.69) is 16.4 Å². The largest absolute Gasteiger partial charge is 0.380 e. The maximum atomic E-state index is 5.58. The topological polar surface area (TPSA) is 60.2 Å². The molecule has 1 heterocycles. The second-order valence-electron chi connectivity index (χ2n) is 4.55. The Kier molecular flexibility index (Phi) is 4.48. The fraction of sp³-hybridized carbons (Fsp3) is 0.615. The van der Waals surface area contributed by atoms with Crippen LogP contribution in [0.15, 0.2) is 18.3 Å². The van der Waals surface area contributed by atoms with Crippen molar-refractivity contribution in [1.29, 1.82) is 0 Å². The lowest BCUT2D eigenvalue weighted by atomic mass is 10.1. The van der Waals surface area contributed by atoms with Crippen LogP contribution in [0.5, 0.6) is 0 Å². The van der Waals surface area contributed by atoms with Crippen molar-refractivity contribution in [3.63, 3.8) is 0 Å². The van der Waals surface area contributed by atoms with E-state index in [9.17, 15) is 0 Å². The summed E-state index contributed by atoms with van der Waals surface area (Å²) in [6.07, 6.45) is 5.81. The predicted molar refractivity (Wildman–Crippen MR) is 67.4 cm³/mol.